The third-order valence-electron chi connectivity index (χ3n) is 3.89. The SMILES string of the molecule is CCC(=O)Nc1ccc(NC(=O)C(C)C(N)c2ccccc2)cc1. The summed E-state index contributed by atoms with van der Waals surface area (Å²) in [6, 6.07) is 16.2. The molecule has 0 aliphatic carbocycles. The lowest BCUT2D eigenvalue weighted by Gasteiger charge is -2.20. The summed E-state index contributed by atoms with van der Waals surface area (Å²) in [7, 11) is 0. The Kier molecular flexibility index (Phi) is 6.09. The van der Waals surface area contributed by atoms with Crippen molar-refractivity contribution in [3.8, 4) is 0 Å². The second kappa shape index (κ2) is 8.26. The van der Waals surface area contributed by atoms with Gasteiger partial charge in [0.25, 0.3) is 0 Å². The first-order valence-corrected chi connectivity index (χ1v) is 8.02. The molecule has 2 rings (SSSR count). The van der Waals surface area contributed by atoms with E-state index in [2.05, 4.69) is 10.6 Å². The van der Waals surface area contributed by atoms with Crippen molar-refractivity contribution in [1.82, 2.24) is 0 Å². The van der Waals surface area contributed by atoms with Gasteiger partial charge in [-0.25, -0.2) is 0 Å². The molecule has 0 heterocycles. The molecule has 2 aromatic rings. The molecule has 0 bridgehead atoms. The molecular weight excluding hydrogens is 302 g/mol. The van der Waals surface area contributed by atoms with Gasteiger partial charge in [0, 0.05) is 23.8 Å². The zero-order chi connectivity index (χ0) is 17.5. The highest BCUT2D eigenvalue weighted by Crippen LogP contribution is 2.21. The highest BCUT2D eigenvalue weighted by molar-refractivity contribution is 5.94. The third kappa shape index (κ3) is 4.67. The van der Waals surface area contributed by atoms with Crippen LogP contribution in [-0.2, 0) is 9.59 Å². The Balaban J connectivity index is 1.97. The van der Waals surface area contributed by atoms with Crippen molar-refractivity contribution < 1.29 is 9.59 Å². The fourth-order valence-corrected chi connectivity index (χ4v) is 2.27. The number of hydrogen-bond acceptors (Lipinski definition) is 3. The van der Waals surface area contributed by atoms with Crippen LogP contribution in [0.5, 0.6) is 0 Å². The number of nitrogens with one attached hydrogen (secondary N) is 2. The van der Waals surface area contributed by atoms with Crippen molar-refractivity contribution in [2.45, 2.75) is 26.3 Å². The van der Waals surface area contributed by atoms with E-state index < -0.39 is 0 Å². The molecule has 2 unspecified atom stereocenters. The molecule has 2 atom stereocenters. The van der Waals surface area contributed by atoms with E-state index >= 15 is 0 Å². The predicted molar refractivity (Wildman–Crippen MR) is 96.5 cm³/mol. The molecule has 0 saturated carbocycles. The van der Waals surface area contributed by atoms with Crippen LogP contribution in [0.25, 0.3) is 0 Å². The highest BCUT2D eigenvalue weighted by atomic mass is 16.2. The summed E-state index contributed by atoms with van der Waals surface area (Å²) >= 11 is 0. The van der Waals surface area contributed by atoms with Crippen LogP contribution in [0.15, 0.2) is 54.6 Å². The first-order valence-electron chi connectivity index (χ1n) is 8.02. The zero-order valence-corrected chi connectivity index (χ0v) is 14.0. The van der Waals surface area contributed by atoms with Gasteiger partial charge in [0.2, 0.25) is 11.8 Å². The quantitative estimate of drug-likeness (QED) is 0.762. The largest absolute Gasteiger partial charge is 0.326 e. The van der Waals surface area contributed by atoms with Crippen LogP contribution in [0.2, 0.25) is 0 Å². The number of carbonyl (C=O) groups is 2. The number of rotatable bonds is 6. The summed E-state index contributed by atoms with van der Waals surface area (Å²) in [6.45, 7) is 3.60. The maximum Gasteiger partial charge on any atom is 0.229 e. The molecule has 5 heteroatoms. The van der Waals surface area contributed by atoms with E-state index in [4.69, 9.17) is 5.73 Å². The van der Waals surface area contributed by atoms with Gasteiger partial charge >= 0.3 is 0 Å². The predicted octanol–water partition coefficient (Wildman–Crippen LogP) is 3.31. The zero-order valence-electron chi connectivity index (χ0n) is 14.0. The smallest absolute Gasteiger partial charge is 0.229 e. The summed E-state index contributed by atoms with van der Waals surface area (Å²) in [4.78, 5) is 23.7. The second-order valence-corrected chi connectivity index (χ2v) is 5.69. The number of hydrogen-bond donors (Lipinski definition) is 3. The van der Waals surface area contributed by atoms with Crippen LogP contribution < -0.4 is 16.4 Å². The molecular formula is C19H23N3O2. The van der Waals surface area contributed by atoms with E-state index in [-0.39, 0.29) is 23.8 Å². The van der Waals surface area contributed by atoms with Crippen molar-refractivity contribution in [3.05, 3.63) is 60.2 Å². The van der Waals surface area contributed by atoms with Crippen LogP contribution in [0.4, 0.5) is 11.4 Å². The standard InChI is InChI=1S/C19H23N3O2/c1-3-17(23)21-15-9-11-16(12-10-15)22-19(24)13(2)18(20)14-7-5-4-6-8-14/h4-13,18H,3,20H2,1-2H3,(H,21,23)(H,22,24). The first-order chi connectivity index (χ1) is 11.5. The minimum atomic E-state index is -0.369. The van der Waals surface area contributed by atoms with E-state index in [1.165, 1.54) is 0 Å². The molecule has 0 saturated heterocycles. The van der Waals surface area contributed by atoms with E-state index in [0.29, 0.717) is 17.8 Å². The fourth-order valence-electron chi connectivity index (χ4n) is 2.27. The van der Waals surface area contributed by atoms with Crippen LogP contribution in [0, 0.1) is 5.92 Å². The Hall–Kier alpha value is -2.66. The van der Waals surface area contributed by atoms with E-state index in [1.54, 1.807) is 31.2 Å². The van der Waals surface area contributed by atoms with Crippen LogP contribution in [0.1, 0.15) is 31.9 Å². The average Bonchev–Trinajstić information content (AvgIpc) is 2.62. The summed E-state index contributed by atoms with van der Waals surface area (Å²) in [5.74, 6) is -0.558. The lowest BCUT2D eigenvalue weighted by atomic mass is 9.94. The number of amides is 2. The lowest BCUT2D eigenvalue weighted by Crippen LogP contribution is -2.30. The van der Waals surface area contributed by atoms with Crippen molar-refractivity contribution in [3.63, 3.8) is 0 Å². The molecule has 0 radical (unpaired) electrons. The summed E-state index contributed by atoms with van der Waals surface area (Å²) in [6.07, 6.45) is 0.424. The Morgan fingerprint density at radius 1 is 0.958 bits per heavy atom. The lowest BCUT2D eigenvalue weighted by molar-refractivity contribution is -0.120. The summed E-state index contributed by atoms with van der Waals surface area (Å²) < 4.78 is 0. The Labute approximate surface area is 142 Å². The van der Waals surface area contributed by atoms with E-state index in [9.17, 15) is 9.59 Å². The average molecular weight is 325 g/mol. The Bertz CT molecular complexity index is 684. The molecule has 0 fully saturated rings. The van der Waals surface area contributed by atoms with Crippen molar-refractivity contribution in [2.24, 2.45) is 11.7 Å². The van der Waals surface area contributed by atoms with E-state index in [1.807, 2.05) is 37.3 Å². The van der Waals surface area contributed by atoms with Gasteiger partial charge in [-0.3, -0.25) is 9.59 Å². The number of benzene rings is 2. The van der Waals surface area contributed by atoms with Gasteiger partial charge in [-0.15, -0.1) is 0 Å². The summed E-state index contributed by atoms with van der Waals surface area (Å²) in [5.41, 5.74) is 8.48. The molecule has 2 amide bonds. The molecule has 0 aromatic heterocycles. The van der Waals surface area contributed by atoms with Crippen molar-refractivity contribution in [2.75, 3.05) is 10.6 Å². The normalized spacial score (nSPS) is 13.0. The Morgan fingerprint density at radius 2 is 1.50 bits per heavy atom. The number of nitrogens with two attached hydrogens (primary N) is 1. The minimum absolute atomic E-state index is 0.0470. The summed E-state index contributed by atoms with van der Waals surface area (Å²) in [5, 5.41) is 5.62. The molecule has 5 nitrogen and oxygen atoms in total. The van der Waals surface area contributed by atoms with E-state index in [0.717, 1.165) is 5.56 Å². The number of carbonyl (C=O) groups excluding carboxylic acids is 2. The topological polar surface area (TPSA) is 84.2 Å². The van der Waals surface area contributed by atoms with Gasteiger partial charge in [0.05, 0.1) is 5.92 Å². The monoisotopic (exact) mass is 325 g/mol. The van der Waals surface area contributed by atoms with Gasteiger partial charge < -0.3 is 16.4 Å². The third-order valence-corrected chi connectivity index (χ3v) is 3.89. The minimum Gasteiger partial charge on any atom is -0.326 e. The van der Waals surface area contributed by atoms with Gasteiger partial charge in [-0.2, -0.15) is 0 Å². The molecule has 24 heavy (non-hydrogen) atoms. The van der Waals surface area contributed by atoms with Crippen LogP contribution >= 0.6 is 0 Å². The first kappa shape index (κ1) is 17.7. The molecule has 4 N–H and O–H groups in total. The van der Waals surface area contributed by atoms with Crippen LogP contribution in [0.3, 0.4) is 0 Å². The molecule has 2 aromatic carbocycles. The van der Waals surface area contributed by atoms with Crippen molar-refractivity contribution >= 4 is 23.2 Å². The number of anilines is 2. The van der Waals surface area contributed by atoms with Crippen LogP contribution in [-0.4, -0.2) is 11.8 Å². The van der Waals surface area contributed by atoms with Crippen molar-refractivity contribution in [1.29, 1.82) is 0 Å². The molecule has 126 valence electrons. The van der Waals surface area contributed by atoms with Gasteiger partial charge in [0.1, 0.15) is 0 Å². The van der Waals surface area contributed by atoms with Gasteiger partial charge in [-0.05, 0) is 29.8 Å². The Morgan fingerprint density at radius 3 is 2.04 bits per heavy atom. The highest BCUT2D eigenvalue weighted by Gasteiger charge is 2.22. The fraction of sp³-hybridized carbons (Fsp3) is 0.263. The molecule has 0 aliphatic heterocycles. The molecule has 0 spiro atoms. The second-order valence-electron chi connectivity index (χ2n) is 5.69. The van der Waals surface area contributed by atoms with Gasteiger partial charge in [0.15, 0.2) is 0 Å². The van der Waals surface area contributed by atoms with Gasteiger partial charge in [-0.1, -0.05) is 44.2 Å². The molecule has 0 aliphatic rings. The maximum absolute atomic E-state index is 12.4. The maximum atomic E-state index is 12.4.